The number of rotatable bonds is 7. The van der Waals surface area contributed by atoms with E-state index >= 15 is 0 Å². The predicted octanol–water partition coefficient (Wildman–Crippen LogP) is 3.08. The number of hydrogen-bond acceptors (Lipinski definition) is 4. The van der Waals surface area contributed by atoms with Crippen molar-refractivity contribution < 1.29 is 4.79 Å². The van der Waals surface area contributed by atoms with E-state index in [-0.39, 0.29) is 0 Å². The fourth-order valence-corrected chi connectivity index (χ4v) is 3.18. The van der Waals surface area contributed by atoms with Gasteiger partial charge in [-0.3, -0.25) is 0 Å². The van der Waals surface area contributed by atoms with Crippen molar-refractivity contribution >= 4 is 23.9 Å². The second kappa shape index (κ2) is 7.53. The van der Waals surface area contributed by atoms with Gasteiger partial charge in [-0.2, -0.15) is 11.8 Å². The molecule has 0 aliphatic carbocycles. The molecule has 1 aromatic rings. The molecule has 1 aliphatic rings. The Balaban J connectivity index is 1.75. The second-order valence-corrected chi connectivity index (χ2v) is 6.57. The van der Waals surface area contributed by atoms with E-state index in [4.69, 9.17) is 0 Å². The highest BCUT2D eigenvalue weighted by Gasteiger charge is 2.10. The molecule has 2 heterocycles. The van der Waals surface area contributed by atoms with Crippen molar-refractivity contribution in [3.05, 3.63) is 23.4 Å². The van der Waals surface area contributed by atoms with Crippen molar-refractivity contribution in [2.24, 2.45) is 0 Å². The first-order valence-corrected chi connectivity index (χ1v) is 8.12. The van der Waals surface area contributed by atoms with Crippen LogP contribution in [0, 0.1) is 0 Å². The Hall–Kier alpha value is -1.03. The number of nitrogens with one attached hydrogen (secondary N) is 1. The number of aryl methyl sites for hydroxylation is 2. The largest absolute Gasteiger partial charge is 0.370 e. The molecule has 0 bridgehead atoms. The number of carbonyl (C=O) groups excluding carboxylic acids is 1. The van der Waals surface area contributed by atoms with Crippen molar-refractivity contribution in [3.63, 3.8) is 0 Å². The number of pyridine rings is 1. The summed E-state index contributed by atoms with van der Waals surface area (Å²) in [5.74, 6) is 2.19. The van der Waals surface area contributed by atoms with Gasteiger partial charge in [-0.25, -0.2) is 4.98 Å². The van der Waals surface area contributed by atoms with Gasteiger partial charge in [0, 0.05) is 23.9 Å². The average Bonchev–Trinajstić information content (AvgIpc) is 2.44. The highest BCUT2D eigenvalue weighted by Crippen LogP contribution is 2.21. The van der Waals surface area contributed by atoms with E-state index < -0.39 is 0 Å². The Morgan fingerprint density at radius 1 is 1.53 bits per heavy atom. The van der Waals surface area contributed by atoms with Gasteiger partial charge in [0.05, 0.1) is 0 Å². The van der Waals surface area contributed by atoms with E-state index in [2.05, 4.69) is 29.4 Å². The van der Waals surface area contributed by atoms with Crippen LogP contribution >= 0.6 is 11.8 Å². The summed E-state index contributed by atoms with van der Waals surface area (Å²) in [5.41, 5.74) is 2.53. The molecule has 2 rings (SSSR count). The minimum absolute atomic E-state index is 0.440. The Morgan fingerprint density at radius 2 is 2.42 bits per heavy atom. The molecule has 0 saturated heterocycles. The molecule has 0 amide bonds. The molecule has 1 aromatic heterocycles. The molecule has 1 N–H and O–H groups in total. The van der Waals surface area contributed by atoms with Crippen molar-refractivity contribution in [2.75, 3.05) is 17.6 Å². The predicted molar refractivity (Wildman–Crippen MR) is 82.0 cm³/mol. The quantitative estimate of drug-likeness (QED) is 0.615. The summed E-state index contributed by atoms with van der Waals surface area (Å²) in [6, 6.07) is 4.37. The zero-order valence-corrected chi connectivity index (χ0v) is 12.3. The third kappa shape index (κ3) is 4.53. The average molecular weight is 278 g/mol. The van der Waals surface area contributed by atoms with Crippen LogP contribution < -0.4 is 5.32 Å². The van der Waals surface area contributed by atoms with Gasteiger partial charge in [0.25, 0.3) is 0 Å². The van der Waals surface area contributed by atoms with Crippen LogP contribution in [0.5, 0.6) is 0 Å². The lowest BCUT2D eigenvalue weighted by Gasteiger charge is -2.17. The number of hydrogen-bond donors (Lipinski definition) is 1. The minimum atomic E-state index is 0.440. The topological polar surface area (TPSA) is 42.0 Å². The fourth-order valence-electron chi connectivity index (χ4n) is 2.25. The van der Waals surface area contributed by atoms with Crippen LogP contribution in [-0.4, -0.2) is 28.8 Å². The molecule has 3 nitrogen and oxygen atoms in total. The SMILES string of the molecule is CC(CC=O)SCCCc1ccc2c(n1)NCCC2. The molecule has 0 saturated carbocycles. The lowest BCUT2D eigenvalue weighted by molar-refractivity contribution is -0.107. The number of fused-ring (bicyclic) bond motifs is 1. The highest BCUT2D eigenvalue weighted by molar-refractivity contribution is 7.99. The smallest absolute Gasteiger partial charge is 0.129 e. The molecule has 1 atom stereocenters. The minimum Gasteiger partial charge on any atom is -0.370 e. The van der Waals surface area contributed by atoms with Gasteiger partial charge in [0.1, 0.15) is 12.1 Å². The molecule has 0 fully saturated rings. The lowest BCUT2D eigenvalue weighted by Crippen LogP contribution is -2.14. The first kappa shape index (κ1) is 14.4. The molecule has 1 aliphatic heterocycles. The van der Waals surface area contributed by atoms with Crippen LogP contribution in [0.15, 0.2) is 12.1 Å². The van der Waals surface area contributed by atoms with Crippen LogP contribution in [-0.2, 0) is 17.6 Å². The zero-order chi connectivity index (χ0) is 13.5. The number of anilines is 1. The summed E-state index contributed by atoms with van der Waals surface area (Å²) in [4.78, 5) is 15.1. The van der Waals surface area contributed by atoms with E-state index in [1.165, 1.54) is 17.7 Å². The van der Waals surface area contributed by atoms with E-state index in [1.54, 1.807) is 0 Å². The number of aldehydes is 1. The van der Waals surface area contributed by atoms with Crippen molar-refractivity contribution in [2.45, 2.75) is 44.3 Å². The number of nitrogens with zero attached hydrogens (tertiary/aromatic N) is 1. The van der Waals surface area contributed by atoms with Crippen LogP contribution in [0.25, 0.3) is 0 Å². The van der Waals surface area contributed by atoms with Crippen LogP contribution in [0.2, 0.25) is 0 Å². The number of aromatic nitrogens is 1. The summed E-state index contributed by atoms with van der Waals surface area (Å²) in [6.07, 6.45) is 6.17. The van der Waals surface area contributed by atoms with Crippen LogP contribution in [0.4, 0.5) is 5.82 Å². The maximum Gasteiger partial charge on any atom is 0.129 e. The zero-order valence-electron chi connectivity index (χ0n) is 11.5. The summed E-state index contributed by atoms with van der Waals surface area (Å²) in [6.45, 7) is 3.16. The molecule has 104 valence electrons. The maximum atomic E-state index is 10.4. The summed E-state index contributed by atoms with van der Waals surface area (Å²) in [7, 11) is 0. The first-order valence-electron chi connectivity index (χ1n) is 7.07. The van der Waals surface area contributed by atoms with Gasteiger partial charge >= 0.3 is 0 Å². The standard InChI is InChI=1S/C15H22N2OS/c1-12(8-10-18)19-11-3-5-14-7-6-13-4-2-9-16-15(13)17-14/h6-7,10,12H,2-5,8-9,11H2,1H3,(H,16,17). The van der Waals surface area contributed by atoms with Crippen molar-refractivity contribution in [1.82, 2.24) is 4.98 Å². The van der Waals surface area contributed by atoms with Gasteiger partial charge < -0.3 is 10.1 Å². The normalized spacial score (nSPS) is 15.4. The molecule has 1 unspecified atom stereocenters. The molecule has 19 heavy (non-hydrogen) atoms. The lowest BCUT2D eigenvalue weighted by atomic mass is 10.1. The molecule has 0 spiro atoms. The van der Waals surface area contributed by atoms with E-state index in [9.17, 15) is 4.79 Å². The van der Waals surface area contributed by atoms with Crippen LogP contribution in [0.3, 0.4) is 0 Å². The number of thioether (sulfide) groups is 1. The summed E-state index contributed by atoms with van der Waals surface area (Å²) >= 11 is 1.87. The van der Waals surface area contributed by atoms with Gasteiger partial charge in [-0.15, -0.1) is 0 Å². The van der Waals surface area contributed by atoms with Gasteiger partial charge in [-0.1, -0.05) is 13.0 Å². The molecule has 0 aromatic carbocycles. The summed E-state index contributed by atoms with van der Waals surface area (Å²) < 4.78 is 0. The fraction of sp³-hybridized carbons (Fsp3) is 0.600. The Morgan fingerprint density at radius 3 is 3.26 bits per heavy atom. The molecular formula is C15H22N2OS. The van der Waals surface area contributed by atoms with Gasteiger partial charge in [0.2, 0.25) is 0 Å². The Labute approximate surface area is 119 Å². The van der Waals surface area contributed by atoms with Crippen molar-refractivity contribution in [3.8, 4) is 0 Å². The first-order chi connectivity index (χ1) is 9.29. The Bertz CT molecular complexity index is 423. The third-order valence-electron chi connectivity index (χ3n) is 3.36. The highest BCUT2D eigenvalue weighted by atomic mass is 32.2. The molecule has 0 radical (unpaired) electrons. The van der Waals surface area contributed by atoms with Crippen LogP contribution in [0.1, 0.15) is 37.4 Å². The van der Waals surface area contributed by atoms with E-state index in [0.717, 1.165) is 43.7 Å². The van der Waals surface area contributed by atoms with Gasteiger partial charge in [-0.05, 0) is 43.1 Å². The number of carbonyl (C=O) groups is 1. The second-order valence-electron chi connectivity index (χ2n) is 5.03. The molecular weight excluding hydrogens is 256 g/mol. The van der Waals surface area contributed by atoms with Gasteiger partial charge in [0.15, 0.2) is 0 Å². The monoisotopic (exact) mass is 278 g/mol. The Kier molecular flexibility index (Phi) is 5.70. The van der Waals surface area contributed by atoms with E-state index in [0.29, 0.717) is 11.7 Å². The molecule has 4 heteroatoms. The van der Waals surface area contributed by atoms with Crippen molar-refractivity contribution in [1.29, 1.82) is 0 Å². The summed E-state index contributed by atoms with van der Waals surface area (Å²) in [5, 5.41) is 3.81. The van der Waals surface area contributed by atoms with E-state index in [1.807, 2.05) is 11.8 Å². The maximum absolute atomic E-state index is 10.4. The third-order valence-corrected chi connectivity index (χ3v) is 4.65.